The van der Waals surface area contributed by atoms with Gasteiger partial charge in [0.2, 0.25) is 0 Å². The molecule has 1 aromatic carbocycles. The molecule has 0 bridgehead atoms. The summed E-state index contributed by atoms with van der Waals surface area (Å²) in [6.07, 6.45) is 1.79. The first-order valence-electron chi connectivity index (χ1n) is 5.27. The van der Waals surface area contributed by atoms with Gasteiger partial charge < -0.3 is 9.84 Å². The predicted octanol–water partition coefficient (Wildman–Crippen LogP) is 2.43. The van der Waals surface area contributed by atoms with E-state index in [0.29, 0.717) is 0 Å². The van der Waals surface area contributed by atoms with Crippen LogP contribution in [0.5, 0.6) is 5.75 Å². The van der Waals surface area contributed by atoms with Gasteiger partial charge in [-0.2, -0.15) is 0 Å². The Morgan fingerprint density at radius 2 is 2.20 bits per heavy atom. The van der Waals surface area contributed by atoms with Gasteiger partial charge in [-0.15, -0.1) is 0 Å². The lowest BCUT2D eigenvalue weighted by atomic mass is 10.2. The molecule has 0 amide bonds. The van der Waals surface area contributed by atoms with Gasteiger partial charge in [0, 0.05) is 0 Å². The van der Waals surface area contributed by atoms with Crippen molar-refractivity contribution in [1.82, 2.24) is 0 Å². The summed E-state index contributed by atoms with van der Waals surface area (Å²) in [4.78, 5) is 0. The highest BCUT2D eigenvalue weighted by Gasteiger charge is 2.27. The first-order valence-corrected chi connectivity index (χ1v) is 5.27. The number of aliphatic hydroxyl groups excluding tert-OH is 1. The van der Waals surface area contributed by atoms with Crippen LogP contribution in [0.4, 0.5) is 4.39 Å². The maximum atomic E-state index is 13.3. The number of benzene rings is 1. The Hall–Kier alpha value is -1.09. The topological polar surface area (TPSA) is 29.5 Å². The zero-order chi connectivity index (χ0) is 10.8. The van der Waals surface area contributed by atoms with E-state index in [-0.39, 0.29) is 17.7 Å². The van der Waals surface area contributed by atoms with Crippen LogP contribution in [0.1, 0.15) is 24.8 Å². The molecule has 2 nitrogen and oxygen atoms in total. The molecule has 82 valence electrons. The van der Waals surface area contributed by atoms with E-state index in [1.54, 1.807) is 12.1 Å². The van der Waals surface area contributed by atoms with Crippen LogP contribution >= 0.6 is 0 Å². The number of aliphatic hydroxyl groups is 1. The van der Waals surface area contributed by atoms with Crippen molar-refractivity contribution in [1.29, 1.82) is 0 Å². The predicted molar refractivity (Wildman–Crippen MR) is 55.4 cm³/mol. The summed E-state index contributed by atoms with van der Waals surface area (Å²) in [5, 5.41) is 9.56. The van der Waals surface area contributed by atoms with Crippen LogP contribution in [0.25, 0.3) is 0 Å². The summed E-state index contributed by atoms with van der Waals surface area (Å²) >= 11 is 0. The van der Waals surface area contributed by atoms with E-state index in [1.807, 2.05) is 6.92 Å². The summed E-state index contributed by atoms with van der Waals surface area (Å²) in [5.74, 6) is -0.111. The minimum Gasteiger partial charge on any atom is -0.485 e. The van der Waals surface area contributed by atoms with Crippen molar-refractivity contribution >= 4 is 0 Å². The lowest BCUT2D eigenvalue weighted by Crippen LogP contribution is -2.26. The van der Waals surface area contributed by atoms with Crippen molar-refractivity contribution in [3.8, 4) is 5.75 Å². The molecule has 2 rings (SSSR count). The second-order valence-electron chi connectivity index (χ2n) is 4.09. The Balaban J connectivity index is 2.12. The summed E-state index contributed by atoms with van der Waals surface area (Å²) < 4.78 is 18.8. The third-order valence-corrected chi connectivity index (χ3v) is 2.78. The second kappa shape index (κ2) is 4.19. The molecule has 15 heavy (non-hydrogen) atoms. The van der Waals surface area contributed by atoms with Gasteiger partial charge in [-0.3, -0.25) is 0 Å². The fourth-order valence-corrected chi connectivity index (χ4v) is 1.91. The highest BCUT2D eigenvalue weighted by atomic mass is 19.1. The van der Waals surface area contributed by atoms with Crippen molar-refractivity contribution in [2.75, 3.05) is 0 Å². The van der Waals surface area contributed by atoms with E-state index in [2.05, 4.69) is 0 Å². The van der Waals surface area contributed by atoms with Gasteiger partial charge in [0.25, 0.3) is 0 Å². The maximum Gasteiger partial charge on any atom is 0.165 e. The smallest absolute Gasteiger partial charge is 0.165 e. The van der Waals surface area contributed by atoms with Crippen molar-refractivity contribution in [3.63, 3.8) is 0 Å². The zero-order valence-corrected chi connectivity index (χ0v) is 8.74. The van der Waals surface area contributed by atoms with Gasteiger partial charge >= 0.3 is 0 Å². The lowest BCUT2D eigenvalue weighted by molar-refractivity contribution is 0.0578. The molecule has 0 aliphatic heterocycles. The molecule has 0 radical (unpaired) electrons. The number of rotatable bonds is 2. The van der Waals surface area contributed by atoms with Crippen molar-refractivity contribution < 1.29 is 14.2 Å². The first kappa shape index (κ1) is 10.4. The fourth-order valence-electron chi connectivity index (χ4n) is 1.91. The van der Waals surface area contributed by atoms with Gasteiger partial charge in [0.05, 0.1) is 6.10 Å². The number of hydrogen-bond acceptors (Lipinski definition) is 2. The van der Waals surface area contributed by atoms with Gasteiger partial charge in [-0.25, -0.2) is 4.39 Å². The van der Waals surface area contributed by atoms with E-state index in [4.69, 9.17) is 4.74 Å². The minimum absolute atomic E-state index is 0.249. The molecule has 1 aromatic rings. The summed E-state index contributed by atoms with van der Waals surface area (Å²) in [6.45, 7) is 1.89. The van der Waals surface area contributed by atoms with Gasteiger partial charge in [0.15, 0.2) is 11.6 Å². The van der Waals surface area contributed by atoms with Crippen LogP contribution in [0.3, 0.4) is 0 Å². The Morgan fingerprint density at radius 3 is 2.87 bits per heavy atom. The van der Waals surface area contributed by atoms with Crippen LogP contribution in [0.15, 0.2) is 18.2 Å². The van der Waals surface area contributed by atoms with Gasteiger partial charge in [0.1, 0.15) is 6.10 Å². The molecular formula is C12H15FO2. The molecule has 0 unspecified atom stereocenters. The summed E-state index contributed by atoms with van der Waals surface area (Å²) in [7, 11) is 0. The Kier molecular flexibility index (Phi) is 2.91. The molecule has 1 saturated carbocycles. The maximum absolute atomic E-state index is 13.3. The summed E-state index contributed by atoms with van der Waals surface area (Å²) in [5.41, 5.74) is 0.957. The largest absolute Gasteiger partial charge is 0.485 e. The molecule has 1 fully saturated rings. The van der Waals surface area contributed by atoms with Gasteiger partial charge in [-0.1, -0.05) is 6.07 Å². The molecule has 0 spiro atoms. The SMILES string of the molecule is Cc1ccc(F)c(O[C@H]2CCC[C@@H]2O)c1. The van der Waals surface area contributed by atoms with E-state index >= 15 is 0 Å². The van der Waals surface area contributed by atoms with E-state index in [0.717, 1.165) is 24.8 Å². The molecule has 1 N–H and O–H groups in total. The van der Waals surface area contributed by atoms with E-state index in [1.165, 1.54) is 6.07 Å². The highest BCUT2D eigenvalue weighted by Crippen LogP contribution is 2.26. The number of aryl methyl sites for hydroxylation is 1. The Labute approximate surface area is 88.7 Å². The van der Waals surface area contributed by atoms with Crippen molar-refractivity contribution in [2.24, 2.45) is 0 Å². The monoisotopic (exact) mass is 210 g/mol. The average molecular weight is 210 g/mol. The quantitative estimate of drug-likeness (QED) is 0.812. The normalized spacial score (nSPS) is 25.5. The molecule has 2 atom stereocenters. The average Bonchev–Trinajstić information content (AvgIpc) is 2.58. The van der Waals surface area contributed by atoms with Crippen LogP contribution in [-0.2, 0) is 0 Å². The van der Waals surface area contributed by atoms with Crippen molar-refractivity contribution in [3.05, 3.63) is 29.6 Å². The first-order chi connectivity index (χ1) is 7.16. The third kappa shape index (κ3) is 2.29. The Bertz CT molecular complexity index is 351. The van der Waals surface area contributed by atoms with E-state index in [9.17, 15) is 9.50 Å². The van der Waals surface area contributed by atoms with Gasteiger partial charge in [-0.05, 0) is 43.9 Å². The molecule has 0 aromatic heterocycles. The van der Waals surface area contributed by atoms with Crippen LogP contribution in [0, 0.1) is 12.7 Å². The molecule has 1 aliphatic rings. The van der Waals surface area contributed by atoms with Crippen LogP contribution in [0.2, 0.25) is 0 Å². The zero-order valence-electron chi connectivity index (χ0n) is 8.74. The van der Waals surface area contributed by atoms with Crippen LogP contribution in [-0.4, -0.2) is 17.3 Å². The second-order valence-corrected chi connectivity index (χ2v) is 4.09. The summed E-state index contributed by atoms with van der Waals surface area (Å²) in [6, 6.07) is 4.76. The number of hydrogen-bond donors (Lipinski definition) is 1. The minimum atomic E-state index is -0.454. The molecule has 1 aliphatic carbocycles. The van der Waals surface area contributed by atoms with Crippen LogP contribution < -0.4 is 4.74 Å². The molecular weight excluding hydrogens is 195 g/mol. The Morgan fingerprint density at radius 1 is 1.40 bits per heavy atom. The highest BCUT2D eigenvalue weighted by molar-refractivity contribution is 5.29. The molecule has 0 heterocycles. The number of ether oxygens (including phenoxy) is 1. The fraction of sp³-hybridized carbons (Fsp3) is 0.500. The third-order valence-electron chi connectivity index (χ3n) is 2.78. The standard InChI is InChI=1S/C12H15FO2/c1-8-5-6-9(13)12(7-8)15-11-4-2-3-10(11)14/h5-7,10-11,14H,2-4H2,1H3/t10-,11-/m0/s1. The molecule has 3 heteroatoms. The lowest BCUT2D eigenvalue weighted by Gasteiger charge is -2.17. The van der Waals surface area contributed by atoms with E-state index < -0.39 is 6.10 Å². The molecule has 0 saturated heterocycles. The number of halogens is 1. The van der Waals surface area contributed by atoms with Crippen molar-refractivity contribution in [2.45, 2.75) is 38.4 Å².